The van der Waals surface area contributed by atoms with Crippen molar-refractivity contribution >= 4 is 11.9 Å². The summed E-state index contributed by atoms with van der Waals surface area (Å²) in [5, 5.41) is 0. The van der Waals surface area contributed by atoms with Crippen molar-refractivity contribution < 1.29 is 27.8 Å². The van der Waals surface area contributed by atoms with Crippen molar-refractivity contribution in [2.75, 3.05) is 65.5 Å². The highest BCUT2D eigenvalue weighted by Crippen LogP contribution is 2.33. The maximum atomic E-state index is 14.1. The number of hydrogen-bond donors (Lipinski definition) is 0. The van der Waals surface area contributed by atoms with Crippen molar-refractivity contribution in [2.45, 2.75) is 25.0 Å². The third-order valence-electron chi connectivity index (χ3n) is 6.29. The first-order chi connectivity index (χ1) is 16.8. The van der Waals surface area contributed by atoms with Crippen LogP contribution in [0.15, 0.2) is 18.6 Å². The fourth-order valence-electron chi connectivity index (χ4n) is 4.24. The quantitative estimate of drug-likeness (QED) is 0.570. The van der Waals surface area contributed by atoms with E-state index in [1.54, 1.807) is 4.90 Å². The summed E-state index contributed by atoms with van der Waals surface area (Å²) >= 11 is 0. The number of anilines is 1. The summed E-state index contributed by atoms with van der Waals surface area (Å²) in [5.41, 5.74) is -0.534. The van der Waals surface area contributed by atoms with Gasteiger partial charge < -0.3 is 28.9 Å². The molecule has 0 spiro atoms. The van der Waals surface area contributed by atoms with E-state index in [4.69, 9.17) is 14.2 Å². The molecule has 0 N–H and O–H groups in total. The average Bonchev–Trinajstić information content (AvgIpc) is 3.08. The Hall–Kier alpha value is -3.12. The largest absolute Gasteiger partial charge is 0.488 e. The molecule has 1 amide bonds. The number of likely N-dealkylation sites (N-methyl/N-ethyl adjacent to an activating group) is 1. The van der Waals surface area contributed by atoms with Crippen LogP contribution in [0.4, 0.5) is 14.7 Å². The number of carbonyl (C=O) groups is 1. The molecule has 1 saturated heterocycles. The minimum absolute atomic E-state index is 0.0967. The van der Waals surface area contributed by atoms with Crippen LogP contribution in [0.3, 0.4) is 0 Å². The number of piperidine rings is 1. The molecule has 0 saturated carbocycles. The average molecular weight is 493 g/mol. The Bertz CT molecular complexity index is 1050. The number of fused-ring (bicyclic) bond motifs is 1. The fourth-order valence-corrected chi connectivity index (χ4v) is 4.24. The van der Waals surface area contributed by atoms with Crippen molar-refractivity contribution in [3.05, 3.63) is 35.8 Å². The van der Waals surface area contributed by atoms with Gasteiger partial charge in [-0.15, -0.1) is 0 Å². The van der Waals surface area contributed by atoms with Gasteiger partial charge in [0.05, 0.1) is 25.5 Å². The van der Waals surface area contributed by atoms with E-state index in [0.29, 0.717) is 57.1 Å². The van der Waals surface area contributed by atoms with Gasteiger partial charge in [-0.1, -0.05) is 0 Å². The number of hydrogen-bond acceptors (Lipinski definition) is 9. The van der Waals surface area contributed by atoms with Crippen LogP contribution in [-0.2, 0) is 16.1 Å². The third kappa shape index (κ3) is 5.43. The van der Waals surface area contributed by atoms with Crippen molar-refractivity contribution in [3.63, 3.8) is 0 Å². The lowest BCUT2D eigenvalue weighted by Crippen LogP contribution is -2.56. The maximum Gasteiger partial charge on any atom is 0.255 e. The first kappa shape index (κ1) is 25.0. The van der Waals surface area contributed by atoms with Crippen LogP contribution in [-0.4, -0.2) is 96.9 Å². The lowest BCUT2D eigenvalue weighted by molar-refractivity contribution is -0.158. The lowest BCUT2D eigenvalue weighted by Gasteiger charge is -2.41. The topological polar surface area (TPSA) is 93.1 Å². The maximum absolute atomic E-state index is 14.1. The van der Waals surface area contributed by atoms with Gasteiger partial charge in [0.1, 0.15) is 18.8 Å². The predicted octanol–water partition coefficient (Wildman–Crippen LogP) is 1.50. The molecule has 2 aromatic rings. The highest BCUT2D eigenvalue weighted by molar-refractivity contribution is 5.86. The fraction of sp³-hybridized carbons (Fsp3) is 0.565. The van der Waals surface area contributed by atoms with Gasteiger partial charge in [-0.25, -0.2) is 9.37 Å². The molecule has 2 aliphatic rings. The van der Waals surface area contributed by atoms with Crippen LogP contribution in [0.1, 0.15) is 18.4 Å². The Labute approximate surface area is 202 Å². The molecule has 190 valence electrons. The summed E-state index contributed by atoms with van der Waals surface area (Å²) in [6.45, 7) is 2.43. The lowest BCUT2D eigenvalue weighted by atomic mass is 9.89. The van der Waals surface area contributed by atoms with E-state index in [-0.39, 0.29) is 30.7 Å². The second kappa shape index (κ2) is 10.6. The summed E-state index contributed by atoms with van der Waals surface area (Å²) in [6.07, 6.45) is 4.46. The van der Waals surface area contributed by atoms with Gasteiger partial charge in [-0.2, -0.15) is 9.37 Å². The molecule has 0 atom stereocenters. The number of nitrogens with zero attached hydrogens (tertiary/aromatic N) is 6. The van der Waals surface area contributed by atoms with Crippen molar-refractivity contribution in [1.82, 2.24) is 24.8 Å². The van der Waals surface area contributed by atoms with Gasteiger partial charge in [0, 0.05) is 51.3 Å². The third-order valence-corrected chi connectivity index (χ3v) is 6.29. The standard InChI is InChI=1S/C23H30F2N6O4/c1-29(2)8-10-35-20-18(25)14-27-22(28-20)30-6-4-23(33-3,5-7-30)21(32)31-9-11-34-19-16(15-31)12-26-13-17(19)24/h12-14H,4-11,15H2,1-3H3. The molecule has 2 aliphatic heterocycles. The molecular weight excluding hydrogens is 462 g/mol. The number of aromatic nitrogens is 3. The van der Waals surface area contributed by atoms with Crippen LogP contribution in [0.2, 0.25) is 0 Å². The van der Waals surface area contributed by atoms with Crippen LogP contribution >= 0.6 is 0 Å². The zero-order valence-electron chi connectivity index (χ0n) is 20.2. The normalized spacial score (nSPS) is 17.5. The predicted molar refractivity (Wildman–Crippen MR) is 122 cm³/mol. The van der Waals surface area contributed by atoms with Gasteiger partial charge >= 0.3 is 0 Å². The number of ether oxygens (including phenoxy) is 3. The first-order valence-electron chi connectivity index (χ1n) is 11.5. The van der Waals surface area contributed by atoms with E-state index in [1.165, 1.54) is 13.3 Å². The summed E-state index contributed by atoms with van der Waals surface area (Å²) in [7, 11) is 5.31. The molecule has 10 nitrogen and oxygen atoms in total. The van der Waals surface area contributed by atoms with Crippen LogP contribution < -0.4 is 14.4 Å². The highest BCUT2D eigenvalue weighted by Gasteiger charge is 2.45. The van der Waals surface area contributed by atoms with E-state index < -0.39 is 17.2 Å². The minimum atomic E-state index is -1.05. The van der Waals surface area contributed by atoms with Gasteiger partial charge in [-0.3, -0.25) is 9.78 Å². The number of amides is 1. The van der Waals surface area contributed by atoms with Gasteiger partial charge in [-0.05, 0) is 14.1 Å². The smallest absolute Gasteiger partial charge is 0.255 e. The number of pyridine rings is 1. The second-order valence-electron chi connectivity index (χ2n) is 8.85. The molecule has 4 heterocycles. The minimum Gasteiger partial charge on any atom is -0.488 e. The Morgan fingerprint density at radius 2 is 1.94 bits per heavy atom. The zero-order chi connectivity index (χ0) is 25.0. The van der Waals surface area contributed by atoms with Crippen molar-refractivity contribution in [2.24, 2.45) is 0 Å². The monoisotopic (exact) mass is 492 g/mol. The van der Waals surface area contributed by atoms with Crippen LogP contribution in [0, 0.1) is 11.6 Å². The van der Waals surface area contributed by atoms with E-state index in [1.807, 2.05) is 23.9 Å². The molecule has 0 unspecified atom stereocenters. The Kier molecular flexibility index (Phi) is 7.60. The van der Waals surface area contributed by atoms with E-state index in [2.05, 4.69) is 15.0 Å². The second-order valence-corrected chi connectivity index (χ2v) is 8.85. The molecule has 0 bridgehead atoms. The van der Waals surface area contributed by atoms with Gasteiger partial charge in [0.15, 0.2) is 11.6 Å². The molecule has 0 radical (unpaired) electrons. The molecule has 35 heavy (non-hydrogen) atoms. The highest BCUT2D eigenvalue weighted by atomic mass is 19.1. The molecule has 1 fully saturated rings. The van der Waals surface area contributed by atoms with Gasteiger partial charge in [0.25, 0.3) is 11.8 Å². The molecular formula is C23H30F2N6O4. The molecule has 4 rings (SSSR count). The summed E-state index contributed by atoms with van der Waals surface area (Å²) < 4.78 is 45.0. The zero-order valence-corrected chi connectivity index (χ0v) is 20.2. The Morgan fingerprint density at radius 3 is 2.66 bits per heavy atom. The Morgan fingerprint density at radius 1 is 1.17 bits per heavy atom. The summed E-state index contributed by atoms with van der Waals surface area (Å²) in [6, 6.07) is 0. The van der Waals surface area contributed by atoms with E-state index in [9.17, 15) is 13.6 Å². The summed E-state index contributed by atoms with van der Waals surface area (Å²) in [4.78, 5) is 31.2. The van der Waals surface area contributed by atoms with Crippen LogP contribution in [0.5, 0.6) is 11.6 Å². The molecule has 12 heteroatoms. The van der Waals surface area contributed by atoms with E-state index in [0.717, 1.165) is 12.4 Å². The molecule has 0 aromatic carbocycles. The van der Waals surface area contributed by atoms with E-state index >= 15 is 0 Å². The number of rotatable bonds is 7. The van der Waals surface area contributed by atoms with Crippen LogP contribution in [0.25, 0.3) is 0 Å². The van der Waals surface area contributed by atoms with Crippen molar-refractivity contribution in [1.29, 1.82) is 0 Å². The number of methoxy groups -OCH3 is 1. The van der Waals surface area contributed by atoms with Gasteiger partial charge in [0.2, 0.25) is 11.8 Å². The van der Waals surface area contributed by atoms with Crippen molar-refractivity contribution in [3.8, 4) is 11.6 Å². The number of carbonyl (C=O) groups excluding carboxylic acids is 1. The number of halogens is 2. The Balaban J connectivity index is 1.43. The SMILES string of the molecule is COC1(C(=O)N2CCOc3c(F)cncc3C2)CCN(c2ncc(F)c(OCCN(C)C)n2)CC1. The first-order valence-corrected chi connectivity index (χ1v) is 11.5. The summed E-state index contributed by atoms with van der Waals surface area (Å²) in [5.74, 6) is -0.985. The molecule has 0 aliphatic carbocycles. The molecule has 2 aromatic heterocycles.